The zero-order valence-electron chi connectivity index (χ0n) is 8.70. The summed E-state index contributed by atoms with van der Waals surface area (Å²) < 4.78 is 0. The van der Waals surface area contributed by atoms with Gasteiger partial charge in [0.15, 0.2) is 0 Å². The van der Waals surface area contributed by atoms with E-state index in [1.807, 2.05) is 13.0 Å². The predicted molar refractivity (Wildman–Crippen MR) is 60.4 cm³/mol. The molecule has 4 N–H and O–H groups in total. The second kappa shape index (κ2) is 5.23. The van der Waals surface area contributed by atoms with Crippen molar-refractivity contribution >= 4 is 11.4 Å². The highest BCUT2D eigenvalue weighted by molar-refractivity contribution is 5.72. The molecule has 0 aliphatic carbocycles. The summed E-state index contributed by atoms with van der Waals surface area (Å²) in [5, 5.41) is 21.1. The van der Waals surface area contributed by atoms with E-state index in [0.717, 1.165) is 0 Å². The molecule has 0 saturated heterocycles. The molecule has 1 rings (SSSR count). The minimum absolute atomic E-state index is 0.393. The van der Waals surface area contributed by atoms with Crippen molar-refractivity contribution in [3.63, 3.8) is 0 Å². The van der Waals surface area contributed by atoms with Crippen LogP contribution in [0.4, 0.5) is 11.4 Å². The summed E-state index contributed by atoms with van der Waals surface area (Å²) in [6.45, 7) is 2.34. The number of para-hydroxylation sites is 1. The Morgan fingerprint density at radius 3 is 2.93 bits per heavy atom. The lowest BCUT2D eigenvalue weighted by Gasteiger charge is -2.12. The van der Waals surface area contributed by atoms with E-state index < -0.39 is 6.10 Å². The minimum Gasteiger partial charge on any atom is -0.396 e. The number of aliphatic hydroxyl groups excluding tert-OH is 1. The Hall–Kier alpha value is -1.73. The maximum absolute atomic E-state index is 9.37. The van der Waals surface area contributed by atoms with Gasteiger partial charge in [0.2, 0.25) is 0 Å². The molecule has 1 aromatic rings. The zero-order valence-corrected chi connectivity index (χ0v) is 8.70. The van der Waals surface area contributed by atoms with Gasteiger partial charge in [-0.15, -0.1) is 0 Å². The summed E-state index contributed by atoms with van der Waals surface area (Å²) in [5.74, 6) is 0. The molecule has 4 heteroatoms. The minimum atomic E-state index is -0.393. The molecule has 0 fully saturated rings. The molecule has 1 atom stereocenters. The fourth-order valence-electron chi connectivity index (χ4n) is 1.19. The second-order valence-electron chi connectivity index (χ2n) is 3.32. The Kier molecular flexibility index (Phi) is 3.95. The molecule has 0 aliphatic rings. The first kappa shape index (κ1) is 11.3. The number of nitriles is 1. The molecule has 0 aromatic heterocycles. The van der Waals surface area contributed by atoms with Crippen LogP contribution in [0, 0.1) is 11.3 Å². The topological polar surface area (TPSA) is 82.1 Å². The largest absolute Gasteiger partial charge is 0.396 e. The molecule has 15 heavy (non-hydrogen) atoms. The van der Waals surface area contributed by atoms with Gasteiger partial charge in [0.1, 0.15) is 6.07 Å². The summed E-state index contributed by atoms with van der Waals surface area (Å²) in [7, 11) is 0. The number of aliphatic hydroxyl groups is 1. The molecule has 4 nitrogen and oxygen atoms in total. The molecule has 1 unspecified atom stereocenters. The van der Waals surface area contributed by atoms with Crippen LogP contribution < -0.4 is 11.1 Å². The first-order chi connectivity index (χ1) is 7.19. The highest BCUT2D eigenvalue weighted by Gasteiger charge is 2.05. The Balaban J connectivity index is 2.74. The van der Waals surface area contributed by atoms with Gasteiger partial charge in [0, 0.05) is 6.54 Å². The molecule has 0 radical (unpaired) electrons. The molecule has 0 heterocycles. The van der Waals surface area contributed by atoms with Crippen molar-refractivity contribution in [3.05, 3.63) is 23.8 Å². The van der Waals surface area contributed by atoms with Gasteiger partial charge in [-0.25, -0.2) is 0 Å². The maximum Gasteiger partial charge on any atom is 0.101 e. The number of nitrogens with zero attached hydrogens (tertiary/aromatic N) is 1. The van der Waals surface area contributed by atoms with E-state index in [-0.39, 0.29) is 0 Å². The molecule has 0 saturated carbocycles. The first-order valence-electron chi connectivity index (χ1n) is 4.89. The van der Waals surface area contributed by atoms with Gasteiger partial charge in [0.25, 0.3) is 0 Å². The summed E-state index contributed by atoms with van der Waals surface area (Å²) in [6.07, 6.45) is 0.292. The third-order valence-electron chi connectivity index (χ3n) is 2.23. The van der Waals surface area contributed by atoms with Crippen LogP contribution in [0.15, 0.2) is 18.2 Å². The molecule has 80 valence electrons. The van der Waals surface area contributed by atoms with Crippen LogP contribution >= 0.6 is 0 Å². The average Bonchev–Trinajstić information content (AvgIpc) is 2.27. The van der Waals surface area contributed by atoms with Crippen molar-refractivity contribution in [2.24, 2.45) is 0 Å². The number of hydrogen-bond donors (Lipinski definition) is 3. The first-order valence-corrected chi connectivity index (χ1v) is 4.89. The van der Waals surface area contributed by atoms with Crippen molar-refractivity contribution in [2.75, 3.05) is 17.6 Å². The fraction of sp³-hybridized carbons (Fsp3) is 0.364. The Labute approximate surface area is 89.3 Å². The number of rotatable bonds is 4. The summed E-state index contributed by atoms with van der Waals surface area (Å²) in [4.78, 5) is 0. The lowest BCUT2D eigenvalue weighted by molar-refractivity contribution is 0.183. The van der Waals surface area contributed by atoms with Crippen LogP contribution in [0.2, 0.25) is 0 Å². The van der Waals surface area contributed by atoms with E-state index in [2.05, 4.69) is 5.32 Å². The van der Waals surface area contributed by atoms with Crippen LogP contribution in [-0.4, -0.2) is 17.8 Å². The van der Waals surface area contributed by atoms with E-state index in [1.165, 1.54) is 0 Å². The molecule has 0 amide bonds. The number of anilines is 2. The van der Waals surface area contributed by atoms with Crippen molar-refractivity contribution in [1.29, 1.82) is 5.26 Å². The van der Waals surface area contributed by atoms with Crippen LogP contribution in [0.1, 0.15) is 18.9 Å². The van der Waals surface area contributed by atoms with Gasteiger partial charge in [0.05, 0.1) is 23.0 Å². The van der Waals surface area contributed by atoms with Crippen molar-refractivity contribution in [3.8, 4) is 6.07 Å². The summed E-state index contributed by atoms with van der Waals surface area (Å²) in [6, 6.07) is 7.22. The molecule has 0 spiro atoms. The Morgan fingerprint density at radius 2 is 2.33 bits per heavy atom. The normalized spacial score (nSPS) is 11.8. The van der Waals surface area contributed by atoms with E-state index >= 15 is 0 Å². The van der Waals surface area contributed by atoms with Crippen molar-refractivity contribution in [1.82, 2.24) is 0 Å². The predicted octanol–water partition coefficient (Wildman–Crippen LogP) is 1.32. The molecule has 0 aliphatic heterocycles. The van der Waals surface area contributed by atoms with Crippen LogP contribution in [0.25, 0.3) is 0 Å². The summed E-state index contributed by atoms with van der Waals surface area (Å²) in [5.41, 5.74) is 7.33. The fourth-order valence-corrected chi connectivity index (χ4v) is 1.19. The van der Waals surface area contributed by atoms with Gasteiger partial charge in [-0.1, -0.05) is 13.0 Å². The highest BCUT2D eigenvalue weighted by atomic mass is 16.3. The van der Waals surface area contributed by atoms with E-state index in [9.17, 15) is 5.11 Å². The van der Waals surface area contributed by atoms with E-state index in [1.54, 1.807) is 18.2 Å². The number of nitrogen functional groups attached to an aromatic ring is 1. The van der Waals surface area contributed by atoms with E-state index in [0.29, 0.717) is 29.9 Å². The lowest BCUT2D eigenvalue weighted by Crippen LogP contribution is -2.18. The molecular weight excluding hydrogens is 190 g/mol. The second-order valence-corrected chi connectivity index (χ2v) is 3.32. The number of hydrogen-bond acceptors (Lipinski definition) is 4. The zero-order chi connectivity index (χ0) is 11.3. The average molecular weight is 205 g/mol. The Morgan fingerprint density at radius 1 is 1.60 bits per heavy atom. The summed E-state index contributed by atoms with van der Waals surface area (Å²) >= 11 is 0. The number of nitrogens with two attached hydrogens (primary N) is 1. The lowest BCUT2D eigenvalue weighted by atomic mass is 10.1. The molecular formula is C11H15N3O. The highest BCUT2D eigenvalue weighted by Crippen LogP contribution is 2.21. The number of nitrogens with one attached hydrogen (secondary N) is 1. The van der Waals surface area contributed by atoms with Gasteiger partial charge in [-0.05, 0) is 18.6 Å². The monoisotopic (exact) mass is 205 g/mol. The Bertz CT molecular complexity index is 371. The number of benzene rings is 1. The van der Waals surface area contributed by atoms with Crippen LogP contribution in [0.3, 0.4) is 0 Å². The third kappa shape index (κ3) is 2.86. The van der Waals surface area contributed by atoms with Crippen LogP contribution in [0.5, 0.6) is 0 Å². The molecule has 1 aromatic carbocycles. The smallest absolute Gasteiger partial charge is 0.101 e. The SMILES string of the molecule is CCC(O)CNc1cccc(C#N)c1N. The van der Waals surface area contributed by atoms with Crippen LogP contribution in [-0.2, 0) is 0 Å². The van der Waals surface area contributed by atoms with Gasteiger partial charge in [-0.2, -0.15) is 5.26 Å². The van der Waals surface area contributed by atoms with E-state index in [4.69, 9.17) is 11.0 Å². The van der Waals surface area contributed by atoms with Gasteiger partial charge >= 0.3 is 0 Å². The van der Waals surface area contributed by atoms with Crippen molar-refractivity contribution in [2.45, 2.75) is 19.4 Å². The van der Waals surface area contributed by atoms with Gasteiger partial charge < -0.3 is 16.2 Å². The quantitative estimate of drug-likeness (QED) is 0.647. The van der Waals surface area contributed by atoms with Gasteiger partial charge in [-0.3, -0.25) is 0 Å². The standard InChI is InChI=1S/C11H15N3O/c1-2-9(15)7-14-10-5-3-4-8(6-12)11(10)13/h3-5,9,14-15H,2,7,13H2,1H3. The maximum atomic E-state index is 9.37. The molecule has 0 bridgehead atoms. The van der Waals surface area contributed by atoms with Crippen molar-refractivity contribution < 1.29 is 5.11 Å². The third-order valence-corrected chi connectivity index (χ3v) is 2.23.